The summed E-state index contributed by atoms with van der Waals surface area (Å²) in [6.45, 7) is 5.17. The first-order valence-corrected chi connectivity index (χ1v) is 12.6. The number of hydrogen-bond acceptors (Lipinski definition) is 8. The third-order valence-electron chi connectivity index (χ3n) is 5.59. The molecule has 1 fully saturated rings. The van der Waals surface area contributed by atoms with Gasteiger partial charge in [-0.05, 0) is 48.4 Å². The van der Waals surface area contributed by atoms with Crippen LogP contribution in [0, 0.1) is 18.3 Å². The summed E-state index contributed by atoms with van der Waals surface area (Å²) >= 11 is 0. The number of carbonyl (C=O) groups excluding carboxylic acids is 1. The quantitative estimate of drug-likeness (QED) is 0.574. The molecule has 3 aromatic rings. The van der Waals surface area contributed by atoms with Gasteiger partial charge < -0.3 is 15.5 Å². The van der Waals surface area contributed by atoms with E-state index in [9.17, 15) is 18.5 Å². The molecule has 10 heteroatoms. The molecule has 9 nitrogen and oxygen atoms in total. The zero-order valence-electron chi connectivity index (χ0n) is 18.9. The molecule has 1 aliphatic heterocycles. The summed E-state index contributed by atoms with van der Waals surface area (Å²) in [5.41, 5.74) is 3.67. The predicted molar refractivity (Wildman–Crippen MR) is 130 cm³/mol. The highest BCUT2D eigenvalue weighted by Gasteiger charge is 2.18. The fourth-order valence-corrected chi connectivity index (χ4v) is 4.38. The number of aromatic nitrogens is 2. The first-order chi connectivity index (χ1) is 16.3. The number of pyridine rings is 2. The first kappa shape index (κ1) is 23.4. The van der Waals surface area contributed by atoms with Gasteiger partial charge in [0, 0.05) is 61.6 Å². The Bertz CT molecular complexity index is 1390. The van der Waals surface area contributed by atoms with Crippen LogP contribution in [0.3, 0.4) is 0 Å². The number of nitrogens with zero attached hydrogens (tertiary/aromatic N) is 4. The van der Waals surface area contributed by atoms with Crippen LogP contribution < -0.4 is 15.5 Å². The Morgan fingerprint density at radius 2 is 1.91 bits per heavy atom. The van der Waals surface area contributed by atoms with E-state index in [2.05, 4.69) is 31.6 Å². The lowest BCUT2D eigenvalue weighted by atomic mass is 9.98. The highest BCUT2D eigenvalue weighted by molar-refractivity contribution is 7.90. The standard InChI is InChI=1S/C24H24N6O3S/c1-16-3-4-17(24(31)29-20-5-6-27-22(13-20)34(2,32)33)12-21(16)19-11-18(14-25)23(28-15-19)30-9-7-26-8-10-30/h3-6,11-13,15,26H,7-10H2,1-2H3,(H,27,29,31). The minimum Gasteiger partial charge on any atom is -0.353 e. The number of piperazine rings is 1. The van der Waals surface area contributed by atoms with Gasteiger partial charge in [0.05, 0.1) is 5.56 Å². The van der Waals surface area contributed by atoms with Gasteiger partial charge in [-0.25, -0.2) is 18.4 Å². The summed E-state index contributed by atoms with van der Waals surface area (Å²) in [6.07, 6.45) is 4.12. The lowest BCUT2D eigenvalue weighted by Crippen LogP contribution is -2.44. The molecule has 3 heterocycles. The molecule has 0 saturated carbocycles. The maximum absolute atomic E-state index is 12.9. The van der Waals surface area contributed by atoms with E-state index in [1.807, 2.05) is 13.0 Å². The Labute approximate surface area is 198 Å². The summed E-state index contributed by atoms with van der Waals surface area (Å²) < 4.78 is 23.5. The normalized spacial score (nSPS) is 13.9. The number of aryl methyl sites for hydroxylation is 1. The average molecular weight is 477 g/mol. The highest BCUT2D eigenvalue weighted by Crippen LogP contribution is 2.28. The summed E-state index contributed by atoms with van der Waals surface area (Å²) in [5.74, 6) is 0.275. The van der Waals surface area contributed by atoms with Gasteiger partial charge in [0.2, 0.25) is 0 Å². The number of anilines is 2. The molecule has 2 aromatic heterocycles. The molecule has 1 aliphatic rings. The number of rotatable bonds is 5. The lowest BCUT2D eigenvalue weighted by molar-refractivity contribution is 0.102. The third-order valence-corrected chi connectivity index (χ3v) is 6.57. The molecular weight excluding hydrogens is 452 g/mol. The lowest BCUT2D eigenvalue weighted by Gasteiger charge is -2.29. The molecule has 1 saturated heterocycles. The second kappa shape index (κ2) is 9.59. The largest absolute Gasteiger partial charge is 0.353 e. The first-order valence-electron chi connectivity index (χ1n) is 10.7. The van der Waals surface area contributed by atoms with Crippen molar-refractivity contribution < 1.29 is 13.2 Å². The van der Waals surface area contributed by atoms with Crippen LogP contribution in [0.4, 0.5) is 11.5 Å². The van der Waals surface area contributed by atoms with Crippen LogP contribution >= 0.6 is 0 Å². The molecule has 0 spiro atoms. The topological polar surface area (TPSA) is 128 Å². The van der Waals surface area contributed by atoms with Crippen LogP contribution in [0.2, 0.25) is 0 Å². The molecule has 174 valence electrons. The van der Waals surface area contributed by atoms with Crippen molar-refractivity contribution in [1.29, 1.82) is 5.26 Å². The van der Waals surface area contributed by atoms with Crippen LogP contribution in [0.25, 0.3) is 11.1 Å². The summed E-state index contributed by atoms with van der Waals surface area (Å²) in [4.78, 5) is 23.4. The van der Waals surface area contributed by atoms with Crippen LogP contribution in [0.1, 0.15) is 21.5 Å². The van der Waals surface area contributed by atoms with E-state index >= 15 is 0 Å². The number of benzene rings is 1. The van der Waals surface area contributed by atoms with E-state index in [0.717, 1.165) is 49.1 Å². The van der Waals surface area contributed by atoms with Gasteiger partial charge in [-0.2, -0.15) is 5.26 Å². The Kier molecular flexibility index (Phi) is 6.58. The van der Waals surface area contributed by atoms with Crippen molar-refractivity contribution in [3.63, 3.8) is 0 Å². The summed E-state index contributed by atoms with van der Waals surface area (Å²) in [7, 11) is -3.50. The molecule has 2 N–H and O–H groups in total. The number of hydrogen-bond donors (Lipinski definition) is 2. The van der Waals surface area contributed by atoms with Crippen molar-refractivity contribution in [2.24, 2.45) is 0 Å². The summed E-state index contributed by atoms with van der Waals surface area (Å²) in [6, 6.07) is 12.2. The van der Waals surface area contributed by atoms with Crippen molar-refractivity contribution in [2.75, 3.05) is 42.7 Å². The van der Waals surface area contributed by atoms with Crippen molar-refractivity contribution in [3.8, 4) is 17.2 Å². The molecular formula is C24H24N6O3S. The van der Waals surface area contributed by atoms with Crippen molar-refractivity contribution in [3.05, 3.63) is 65.5 Å². The number of amides is 1. The molecule has 34 heavy (non-hydrogen) atoms. The second-order valence-electron chi connectivity index (χ2n) is 8.08. The van der Waals surface area contributed by atoms with Crippen LogP contribution in [-0.2, 0) is 9.84 Å². The fourth-order valence-electron chi connectivity index (χ4n) is 3.78. The van der Waals surface area contributed by atoms with Gasteiger partial charge in [-0.1, -0.05) is 6.07 Å². The zero-order chi connectivity index (χ0) is 24.3. The number of nitrogens with one attached hydrogen (secondary N) is 2. The molecule has 0 atom stereocenters. The predicted octanol–water partition coefficient (Wildman–Crippen LogP) is 2.39. The van der Waals surface area contributed by atoms with E-state index in [1.165, 1.54) is 18.3 Å². The maximum atomic E-state index is 12.9. The Morgan fingerprint density at radius 1 is 1.15 bits per heavy atom. The minimum atomic E-state index is -3.50. The van der Waals surface area contributed by atoms with E-state index in [4.69, 9.17) is 0 Å². The van der Waals surface area contributed by atoms with E-state index in [1.54, 1.807) is 24.4 Å². The van der Waals surface area contributed by atoms with E-state index in [0.29, 0.717) is 22.6 Å². The second-order valence-corrected chi connectivity index (χ2v) is 10.0. The monoisotopic (exact) mass is 476 g/mol. The molecule has 0 radical (unpaired) electrons. The van der Waals surface area contributed by atoms with Gasteiger partial charge in [0.25, 0.3) is 5.91 Å². The van der Waals surface area contributed by atoms with Gasteiger partial charge in [0.15, 0.2) is 14.9 Å². The number of sulfone groups is 1. The Hall–Kier alpha value is -3.81. The molecule has 0 unspecified atom stereocenters. The SMILES string of the molecule is Cc1ccc(C(=O)Nc2ccnc(S(C)(=O)=O)c2)cc1-c1cnc(N2CCNCC2)c(C#N)c1. The zero-order valence-corrected chi connectivity index (χ0v) is 19.7. The van der Waals surface area contributed by atoms with Crippen LogP contribution in [-0.4, -0.2) is 56.7 Å². The Morgan fingerprint density at radius 3 is 2.62 bits per heavy atom. The van der Waals surface area contributed by atoms with Crippen LogP contribution in [0.5, 0.6) is 0 Å². The van der Waals surface area contributed by atoms with Crippen molar-refractivity contribution in [2.45, 2.75) is 11.9 Å². The number of carbonyl (C=O) groups is 1. The highest BCUT2D eigenvalue weighted by atomic mass is 32.2. The van der Waals surface area contributed by atoms with E-state index in [-0.39, 0.29) is 5.03 Å². The fraction of sp³-hybridized carbons (Fsp3) is 0.250. The van der Waals surface area contributed by atoms with Gasteiger partial charge in [-0.15, -0.1) is 0 Å². The smallest absolute Gasteiger partial charge is 0.255 e. The molecule has 0 aliphatic carbocycles. The molecule has 4 rings (SSSR count). The average Bonchev–Trinajstić information content (AvgIpc) is 2.84. The van der Waals surface area contributed by atoms with Gasteiger partial charge in [-0.3, -0.25) is 4.79 Å². The minimum absolute atomic E-state index is 0.116. The van der Waals surface area contributed by atoms with Crippen molar-refractivity contribution >= 4 is 27.2 Å². The number of nitriles is 1. The van der Waals surface area contributed by atoms with Gasteiger partial charge >= 0.3 is 0 Å². The molecule has 1 aromatic carbocycles. The maximum Gasteiger partial charge on any atom is 0.255 e. The third kappa shape index (κ3) is 5.06. The molecule has 0 bridgehead atoms. The van der Waals surface area contributed by atoms with Crippen LogP contribution in [0.15, 0.2) is 53.8 Å². The summed E-state index contributed by atoms with van der Waals surface area (Å²) in [5, 5.41) is 15.6. The van der Waals surface area contributed by atoms with E-state index < -0.39 is 15.7 Å². The van der Waals surface area contributed by atoms with Gasteiger partial charge in [0.1, 0.15) is 11.9 Å². The van der Waals surface area contributed by atoms with Crippen molar-refractivity contribution in [1.82, 2.24) is 15.3 Å². The molecule has 1 amide bonds. The Balaban J connectivity index is 1.62.